The van der Waals surface area contributed by atoms with E-state index in [1.54, 1.807) is 26.4 Å². The van der Waals surface area contributed by atoms with Gasteiger partial charge in [0.2, 0.25) is 0 Å². The molecule has 2 heteroatoms. The lowest BCUT2D eigenvalue weighted by molar-refractivity contribution is 0.304. The molecule has 2 nitrogen and oxygen atoms in total. The van der Waals surface area contributed by atoms with E-state index in [1.807, 2.05) is 32.9 Å². The van der Waals surface area contributed by atoms with Crippen LogP contribution in [0.1, 0.15) is 20.8 Å². The van der Waals surface area contributed by atoms with Crippen molar-refractivity contribution in [3.63, 3.8) is 0 Å². The SMILES string of the molecule is C=C/C(OC)=C(C(\C)=C/C)/C(C=NC)=C/C(=C)C. The smallest absolute Gasteiger partial charge is 0.126 e. The van der Waals surface area contributed by atoms with Gasteiger partial charge in [-0.25, -0.2) is 0 Å². The molecular formula is C16H23NO. The molecule has 0 unspecified atom stereocenters. The molecule has 0 saturated carbocycles. The van der Waals surface area contributed by atoms with Crippen molar-refractivity contribution in [1.82, 2.24) is 0 Å². The van der Waals surface area contributed by atoms with E-state index >= 15 is 0 Å². The molecule has 18 heavy (non-hydrogen) atoms. The Morgan fingerprint density at radius 1 is 1.28 bits per heavy atom. The lowest BCUT2D eigenvalue weighted by Crippen LogP contribution is -2.00. The Labute approximate surface area is 111 Å². The molecule has 98 valence electrons. The molecule has 0 atom stereocenters. The zero-order chi connectivity index (χ0) is 14.1. The van der Waals surface area contributed by atoms with Gasteiger partial charge in [-0.1, -0.05) is 30.9 Å². The standard InChI is InChI=1S/C16H23NO/c1-8-13(5)16(15(9-2)18-7)14(11-17-6)10-12(3)4/h8-11H,2-3H2,1,4-7H3/b13-8-,14-10+,16-15-,17-11?. The van der Waals surface area contributed by atoms with Crippen molar-refractivity contribution in [1.29, 1.82) is 0 Å². The quantitative estimate of drug-likeness (QED) is 0.389. The maximum atomic E-state index is 5.38. The second kappa shape index (κ2) is 8.29. The fraction of sp³-hybridized carbons (Fsp3) is 0.312. The van der Waals surface area contributed by atoms with Crippen molar-refractivity contribution in [2.24, 2.45) is 4.99 Å². The predicted molar refractivity (Wildman–Crippen MR) is 81.0 cm³/mol. The highest BCUT2D eigenvalue weighted by molar-refractivity contribution is 5.88. The molecule has 0 aliphatic heterocycles. The zero-order valence-corrected chi connectivity index (χ0v) is 12.1. The molecule has 0 aromatic heterocycles. The molecule has 0 rings (SSSR count). The lowest BCUT2D eigenvalue weighted by Gasteiger charge is -2.13. The Morgan fingerprint density at radius 2 is 1.89 bits per heavy atom. The third-order valence-electron chi connectivity index (χ3n) is 2.44. The first-order valence-electron chi connectivity index (χ1n) is 5.85. The van der Waals surface area contributed by atoms with Gasteiger partial charge >= 0.3 is 0 Å². The van der Waals surface area contributed by atoms with Crippen LogP contribution < -0.4 is 0 Å². The van der Waals surface area contributed by atoms with Gasteiger partial charge in [0.1, 0.15) is 5.76 Å². The van der Waals surface area contributed by atoms with Crippen LogP contribution >= 0.6 is 0 Å². The van der Waals surface area contributed by atoms with Crippen molar-refractivity contribution < 1.29 is 4.74 Å². The summed E-state index contributed by atoms with van der Waals surface area (Å²) in [7, 11) is 3.39. The van der Waals surface area contributed by atoms with Gasteiger partial charge in [0.05, 0.1) is 7.11 Å². The monoisotopic (exact) mass is 245 g/mol. The van der Waals surface area contributed by atoms with Crippen LogP contribution in [0.3, 0.4) is 0 Å². The molecule has 0 aromatic carbocycles. The number of rotatable bonds is 6. The first-order chi connectivity index (χ1) is 8.51. The molecule has 0 N–H and O–H groups in total. The van der Waals surface area contributed by atoms with Crippen LogP contribution in [0.25, 0.3) is 0 Å². The van der Waals surface area contributed by atoms with E-state index in [0.717, 1.165) is 28.1 Å². The maximum Gasteiger partial charge on any atom is 0.126 e. The van der Waals surface area contributed by atoms with Gasteiger partial charge in [-0.05, 0) is 32.4 Å². The number of ether oxygens (including phenoxy) is 1. The molecule has 0 bridgehead atoms. The van der Waals surface area contributed by atoms with Crippen molar-refractivity contribution in [3.05, 3.63) is 59.4 Å². The summed E-state index contributed by atoms with van der Waals surface area (Å²) < 4.78 is 5.38. The average Bonchev–Trinajstić information content (AvgIpc) is 2.34. The number of hydrogen-bond acceptors (Lipinski definition) is 2. The number of allylic oxidation sites excluding steroid dienone is 7. The third kappa shape index (κ3) is 4.58. The van der Waals surface area contributed by atoms with E-state index in [2.05, 4.69) is 18.2 Å². The van der Waals surface area contributed by atoms with Crippen LogP contribution in [0, 0.1) is 0 Å². The van der Waals surface area contributed by atoms with Crippen molar-refractivity contribution in [3.8, 4) is 0 Å². The van der Waals surface area contributed by atoms with Crippen LogP contribution in [0.4, 0.5) is 0 Å². The van der Waals surface area contributed by atoms with Gasteiger partial charge < -0.3 is 4.74 Å². The van der Waals surface area contributed by atoms with E-state index in [-0.39, 0.29) is 0 Å². The van der Waals surface area contributed by atoms with Crippen LogP contribution in [-0.4, -0.2) is 20.4 Å². The summed E-state index contributed by atoms with van der Waals surface area (Å²) in [5, 5.41) is 0. The summed E-state index contributed by atoms with van der Waals surface area (Å²) in [5.41, 5.74) is 4.03. The molecule has 0 amide bonds. The molecule has 0 aromatic rings. The van der Waals surface area contributed by atoms with Crippen LogP contribution in [0.15, 0.2) is 64.4 Å². The number of hydrogen-bond donors (Lipinski definition) is 0. The number of methoxy groups -OCH3 is 1. The van der Waals surface area contributed by atoms with Gasteiger partial charge in [0, 0.05) is 24.4 Å². The van der Waals surface area contributed by atoms with E-state index in [1.165, 1.54) is 0 Å². The summed E-state index contributed by atoms with van der Waals surface area (Å²) >= 11 is 0. The molecule has 0 fully saturated rings. The zero-order valence-electron chi connectivity index (χ0n) is 12.1. The minimum absolute atomic E-state index is 0.734. The van der Waals surface area contributed by atoms with Crippen LogP contribution in [-0.2, 0) is 4.74 Å². The summed E-state index contributed by atoms with van der Waals surface area (Å²) in [6, 6.07) is 0. The molecule has 0 aliphatic rings. The van der Waals surface area contributed by atoms with Crippen molar-refractivity contribution >= 4 is 6.21 Å². The predicted octanol–water partition coefficient (Wildman–Crippen LogP) is 4.24. The lowest BCUT2D eigenvalue weighted by atomic mass is 9.96. The summed E-state index contributed by atoms with van der Waals surface area (Å²) in [6.07, 6.45) is 7.53. The summed E-state index contributed by atoms with van der Waals surface area (Å²) in [6.45, 7) is 13.7. The Hall–Kier alpha value is -1.83. The normalized spacial score (nSPS) is 14.5. The first kappa shape index (κ1) is 16.2. The summed E-state index contributed by atoms with van der Waals surface area (Å²) in [4.78, 5) is 4.09. The Bertz CT molecular complexity index is 434. The fourth-order valence-electron chi connectivity index (χ4n) is 1.57. The largest absolute Gasteiger partial charge is 0.496 e. The minimum Gasteiger partial charge on any atom is -0.496 e. The Morgan fingerprint density at radius 3 is 2.22 bits per heavy atom. The second-order valence-corrected chi connectivity index (χ2v) is 3.95. The van der Waals surface area contributed by atoms with Gasteiger partial charge in [0.15, 0.2) is 0 Å². The molecule has 0 saturated heterocycles. The molecule has 0 aliphatic carbocycles. The Kier molecular flexibility index (Phi) is 7.45. The van der Waals surface area contributed by atoms with E-state index < -0.39 is 0 Å². The second-order valence-electron chi connectivity index (χ2n) is 3.95. The summed E-state index contributed by atoms with van der Waals surface area (Å²) in [5.74, 6) is 0.734. The topological polar surface area (TPSA) is 21.6 Å². The van der Waals surface area contributed by atoms with Crippen LogP contribution in [0.5, 0.6) is 0 Å². The maximum absolute atomic E-state index is 5.38. The highest BCUT2D eigenvalue weighted by Gasteiger charge is 2.11. The van der Waals surface area contributed by atoms with Gasteiger partial charge in [-0.2, -0.15) is 0 Å². The fourth-order valence-corrected chi connectivity index (χ4v) is 1.57. The Balaban J connectivity index is 6.07. The van der Waals surface area contributed by atoms with Gasteiger partial charge in [0.25, 0.3) is 0 Å². The van der Waals surface area contributed by atoms with Crippen LogP contribution in [0.2, 0.25) is 0 Å². The molecule has 0 spiro atoms. The van der Waals surface area contributed by atoms with E-state index in [9.17, 15) is 0 Å². The highest BCUT2D eigenvalue weighted by atomic mass is 16.5. The van der Waals surface area contributed by atoms with Gasteiger partial charge in [-0.3, -0.25) is 4.99 Å². The van der Waals surface area contributed by atoms with E-state index in [4.69, 9.17) is 4.74 Å². The number of nitrogens with zero attached hydrogens (tertiary/aromatic N) is 1. The molecular weight excluding hydrogens is 222 g/mol. The third-order valence-corrected chi connectivity index (χ3v) is 2.44. The minimum atomic E-state index is 0.734. The first-order valence-corrected chi connectivity index (χ1v) is 5.85. The number of aliphatic imine (C=N–C) groups is 1. The molecule has 0 heterocycles. The molecule has 0 radical (unpaired) electrons. The van der Waals surface area contributed by atoms with E-state index in [0.29, 0.717) is 0 Å². The van der Waals surface area contributed by atoms with Crippen molar-refractivity contribution in [2.45, 2.75) is 20.8 Å². The van der Waals surface area contributed by atoms with Crippen molar-refractivity contribution in [2.75, 3.05) is 14.2 Å². The average molecular weight is 245 g/mol. The highest BCUT2D eigenvalue weighted by Crippen LogP contribution is 2.24. The van der Waals surface area contributed by atoms with Gasteiger partial charge in [-0.15, -0.1) is 0 Å².